The Hall–Kier alpha value is -3.43. The smallest absolute Gasteiger partial charge is 0.338 e. The molecule has 0 unspecified atom stereocenters. The number of esters is 1. The number of furan rings is 1. The van der Waals surface area contributed by atoms with Gasteiger partial charge in [-0.1, -0.05) is 47.0 Å². The topological polar surface area (TPSA) is 89.2 Å². The van der Waals surface area contributed by atoms with Crippen molar-refractivity contribution < 1.29 is 22.4 Å². The minimum Gasteiger partial charge on any atom is -0.462 e. The van der Waals surface area contributed by atoms with Crippen LogP contribution in [-0.2, 0) is 27.8 Å². The molecule has 0 aliphatic heterocycles. The lowest BCUT2D eigenvalue weighted by atomic mass is 10.2. The lowest BCUT2D eigenvalue weighted by Crippen LogP contribution is -2.30. The number of rotatable bonds is 10. The Morgan fingerprint density at radius 3 is 2.33 bits per heavy atom. The summed E-state index contributed by atoms with van der Waals surface area (Å²) in [6.45, 7) is 3.99. The summed E-state index contributed by atoms with van der Waals surface area (Å²) < 4.78 is 39.4. The first-order valence-electron chi connectivity index (χ1n) is 12.1. The molecule has 7 nitrogen and oxygen atoms in total. The van der Waals surface area contributed by atoms with E-state index >= 15 is 0 Å². The van der Waals surface area contributed by atoms with Crippen LogP contribution < -0.4 is 0 Å². The summed E-state index contributed by atoms with van der Waals surface area (Å²) in [4.78, 5) is 16.4. The van der Waals surface area contributed by atoms with Gasteiger partial charge in [0.05, 0.1) is 45.6 Å². The predicted molar refractivity (Wildman–Crippen MR) is 152 cm³/mol. The molecule has 10 heteroatoms. The summed E-state index contributed by atoms with van der Waals surface area (Å²) in [6.07, 6.45) is 1.53. The Morgan fingerprint density at radius 2 is 1.67 bits per heavy atom. The van der Waals surface area contributed by atoms with Crippen LogP contribution in [0.2, 0.25) is 10.0 Å². The lowest BCUT2D eigenvalue weighted by molar-refractivity contribution is 0.0526. The van der Waals surface area contributed by atoms with Gasteiger partial charge < -0.3 is 9.15 Å². The second-order valence-corrected chi connectivity index (χ2v) is 11.4. The van der Waals surface area contributed by atoms with Gasteiger partial charge in [-0.15, -0.1) is 0 Å². The maximum atomic E-state index is 13.6. The number of benzene rings is 3. The van der Waals surface area contributed by atoms with E-state index in [1.54, 1.807) is 85.8 Å². The minimum atomic E-state index is -3.87. The van der Waals surface area contributed by atoms with Gasteiger partial charge in [-0.3, -0.25) is 4.99 Å². The number of halogens is 2. The molecule has 4 aromatic rings. The quantitative estimate of drug-likeness (QED) is 0.145. The molecule has 0 aliphatic carbocycles. The molecule has 0 fully saturated rings. The molecular formula is C29H26Cl2N2O5S. The Balaban J connectivity index is 1.54. The molecule has 3 aromatic carbocycles. The Kier molecular flexibility index (Phi) is 9.24. The van der Waals surface area contributed by atoms with Crippen molar-refractivity contribution >= 4 is 51.1 Å². The number of carbonyl (C=O) groups excluding carboxylic acids is 1. The third kappa shape index (κ3) is 7.36. The van der Waals surface area contributed by atoms with Gasteiger partial charge in [0.1, 0.15) is 11.5 Å². The molecule has 0 saturated carbocycles. The van der Waals surface area contributed by atoms with Crippen LogP contribution in [0, 0.1) is 6.92 Å². The number of ether oxygens (including phenoxy) is 1. The molecule has 1 heterocycles. The van der Waals surface area contributed by atoms with Crippen molar-refractivity contribution in [2.45, 2.75) is 31.8 Å². The first kappa shape index (κ1) is 28.6. The molecule has 0 radical (unpaired) electrons. The van der Waals surface area contributed by atoms with Crippen LogP contribution >= 0.6 is 23.2 Å². The second kappa shape index (κ2) is 12.6. The van der Waals surface area contributed by atoms with E-state index in [4.69, 9.17) is 32.4 Å². The summed E-state index contributed by atoms with van der Waals surface area (Å²) in [7, 11) is -3.87. The summed E-state index contributed by atoms with van der Waals surface area (Å²) in [6, 6.07) is 21.8. The number of hydrogen-bond acceptors (Lipinski definition) is 6. The van der Waals surface area contributed by atoms with Gasteiger partial charge in [-0.2, -0.15) is 4.31 Å². The number of aryl methyl sites for hydroxylation is 1. The molecule has 0 aliphatic rings. The zero-order valence-corrected chi connectivity index (χ0v) is 23.6. The third-order valence-corrected chi connectivity index (χ3v) is 8.28. The monoisotopic (exact) mass is 584 g/mol. The van der Waals surface area contributed by atoms with Gasteiger partial charge in [-0.25, -0.2) is 13.2 Å². The highest BCUT2D eigenvalue weighted by Crippen LogP contribution is 2.27. The lowest BCUT2D eigenvalue weighted by Gasteiger charge is -2.22. The standard InChI is InChI=1S/C29H26Cl2N2O5S/c1-3-37-29(34)22-7-9-23(10-8-22)32-17-24-11-12-25(38-24)19-33(18-21-6-15-27(30)28(31)16-21)39(35,36)26-13-4-20(2)5-14-26/h4-17H,3,18-19H2,1-2H3. The van der Waals surface area contributed by atoms with E-state index < -0.39 is 16.0 Å². The number of hydrogen-bond donors (Lipinski definition) is 0. The second-order valence-electron chi connectivity index (χ2n) is 8.66. The van der Waals surface area contributed by atoms with Gasteiger partial charge in [0.25, 0.3) is 0 Å². The van der Waals surface area contributed by atoms with Crippen LogP contribution in [0.25, 0.3) is 0 Å². The van der Waals surface area contributed by atoms with Crippen LogP contribution in [0.15, 0.2) is 93.2 Å². The molecule has 0 bridgehead atoms. The van der Waals surface area contributed by atoms with E-state index in [2.05, 4.69) is 4.99 Å². The molecule has 0 saturated heterocycles. The number of carbonyl (C=O) groups is 1. The van der Waals surface area contributed by atoms with E-state index in [1.165, 1.54) is 10.5 Å². The Bertz CT molecular complexity index is 1580. The van der Waals surface area contributed by atoms with Crippen molar-refractivity contribution in [1.82, 2.24) is 4.31 Å². The van der Waals surface area contributed by atoms with Crippen molar-refractivity contribution in [3.8, 4) is 0 Å². The number of sulfonamides is 1. The van der Waals surface area contributed by atoms with Crippen molar-refractivity contribution in [2.75, 3.05) is 6.61 Å². The highest BCUT2D eigenvalue weighted by molar-refractivity contribution is 7.89. The van der Waals surface area contributed by atoms with E-state index in [9.17, 15) is 13.2 Å². The maximum absolute atomic E-state index is 13.6. The van der Waals surface area contributed by atoms with Gasteiger partial charge in [0.2, 0.25) is 10.0 Å². The fourth-order valence-electron chi connectivity index (χ4n) is 3.69. The zero-order chi connectivity index (χ0) is 28.0. The van der Waals surface area contributed by atoms with Gasteiger partial charge in [0, 0.05) is 6.54 Å². The van der Waals surface area contributed by atoms with Crippen molar-refractivity contribution in [1.29, 1.82) is 0 Å². The average molecular weight is 586 g/mol. The molecule has 39 heavy (non-hydrogen) atoms. The van der Waals surface area contributed by atoms with E-state index in [0.29, 0.717) is 45.0 Å². The molecule has 0 spiro atoms. The molecule has 0 amide bonds. The molecule has 1 aromatic heterocycles. The predicted octanol–water partition coefficient (Wildman–Crippen LogP) is 7.21. The number of aliphatic imine (C=N–C) groups is 1. The summed E-state index contributed by atoms with van der Waals surface area (Å²) in [5, 5.41) is 0.729. The van der Waals surface area contributed by atoms with E-state index in [1.807, 2.05) is 6.92 Å². The zero-order valence-electron chi connectivity index (χ0n) is 21.3. The maximum Gasteiger partial charge on any atom is 0.338 e. The van der Waals surface area contributed by atoms with Crippen molar-refractivity contribution in [3.63, 3.8) is 0 Å². The minimum absolute atomic E-state index is 0.0153. The first-order valence-corrected chi connectivity index (χ1v) is 14.3. The normalized spacial score (nSPS) is 11.8. The van der Waals surface area contributed by atoms with Gasteiger partial charge in [0.15, 0.2) is 0 Å². The molecular weight excluding hydrogens is 559 g/mol. The van der Waals surface area contributed by atoms with Crippen molar-refractivity contribution in [3.05, 3.63) is 117 Å². The highest BCUT2D eigenvalue weighted by Gasteiger charge is 2.26. The first-order chi connectivity index (χ1) is 18.7. The Morgan fingerprint density at radius 1 is 0.949 bits per heavy atom. The number of nitrogens with zero attached hydrogens (tertiary/aromatic N) is 2. The van der Waals surface area contributed by atoms with E-state index in [0.717, 1.165) is 5.56 Å². The molecule has 4 rings (SSSR count). The van der Waals surface area contributed by atoms with Crippen LogP contribution in [0.1, 0.15) is 39.9 Å². The summed E-state index contributed by atoms with van der Waals surface area (Å²) in [5.41, 5.74) is 2.69. The molecule has 0 N–H and O–H groups in total. The summed E-state index contributed by atoms with van der Waals surface area (Å²) in [5.74, 6) is 0.487. The fourth-order valence-corrected chi connectivity index (χ4v) is 5.40. The highest BCUT2D eigenvalue weighted by atomic mass is 35.5. The van der Waals surface area contributed by atoms with Gasteiger partial charge >= 0.3 is 5.97 Å². The largest absolute Gasteiger partial charge is 0.462 e. The van der Waals surface area contributed by atoms with Crippen LogP contribution in [0.3, 0.4) is 0 Å². The van der Waals surface area contributed by atoms with E-state index in [-0.39, 0.29) is 18.0 Å². The van der Waals surface area contributed by atoms with Crippen molar-refractivity contribution in [2.24, 2.45) is 4.99 Å². The van der Waals surface area contributed by atoms with Crippen LogP contribution in [-0.4, -0.2) is 31.5 Å². The fraction of sp³-hybridized carbons (Fsp3) is 0.172. The van der Waals surface area contributed by atoms with Crippen LogP contribution in [0.5, 0.6) is 0 Å². The molecule has 0 atom stereocenters. The summed E-state index contributed by atoms with van der Waals surface area (Å²) >= 11 is 12.2. The Labute approximate surface area is 237 Å². The average Bonchev–Trinajstić information content (AvgIpc) is 3.37. The van der Waals surface area contributed by atoms with Crippen LogP contribution in [0.4, 0.5) is 5.69 Å². The SMILES string of the molecule is CCOC(=O)c1ccc(N=Cc2ccc(CN(Cc3ccc(Cl)c(Cl)c3)S(=O)(=O)c3ccc(C)cc3)o2)cc1. The molecule has 202 valence electrons. The van der Waals surface area contributed by atoms with Gasteiger partial charge in [-0.05, 0) is 80.1 Å². The third-order valence-electron chi connectivity index (χ3n) is 5.74.